The van der Waals surface area contributed by atoms with E-state index in [1.54, 1.807) is 6.07 Å². The maximum atomic E-state index is 13.7. The van der Waals surface area contributed by atoms with Gasteiger partial charge in [0.15, 0.2) is 9.84 Å². The van der Waals surface area contributed by atoms with E-state index in [0.717, 1.165) is 0 Å². The Morgan fingerprint density at radius 2 is 1.94 bits per heavy atom. The molecule has 2 aromatic rings. The average molecular weight is 268 g/mol. The van der Waals surface area contributed by atoms with Gasteiger partial charge in [-0.25, -0.2) is 12.8 Å². The van der Waals surface area contributed by atoms with E-state index in [0.29, 0.717) is 5.69 Å². The molecule has 0 saturated carbocycles. The van der Waals surface area contributed by atoms with Crippen LogP contribution in [0.2, 0.25) is 0 Å². The van der Waals surface area contributed by atoms with Crippen LogP contribution in [-0.2, 0) is 21.3 Å². The van der Waals surface area contributed by atoms with Crippen LogP contribution in [0.15, 0.2) is 29.1 Å². The van der Waals surface area contributed by atoms with Crippen LogP contribution in [0.3, 0.4) is 0 Å². The number of fused-ring (bicyclic) bond motifs is 1. The molecule has 1 aromatic heterocycles. The van der Waals surface area contributed by atoms with Gasteiger partial charge in [-0.1, -0.05) is 12.1 Å². The lowest BCUT2D eigenvalue weighted by atomic mass is 10.2. The van der Waals surface area contributed by atoms with Crippen LogP contribution >= 0.6 is 0 Å². The molecule has 94 valence electrons. The number of nitrogens with zero attached hydrogens (tertiary/aromatic N) is 1. The molecule has 1 aliphatic rings. The Morgan fingerprint density at radius 1 is 1.22 bits per heavy atom. The number of aromatic amines is 1. The van der Waals surface area contributed by atoms with E-state index in [2.05, 4.69) is 5.10 Å². The lowest BCUT2D eigenvalue weighted by molar-refractivity contribution is 0.593. The van der Waals surface area contributed by atoms with Gasteiger partial charge in [0.25, 0.3) is 5.56 Å². The number of aromatic nitrogens is 2. The van der Waals surface area contributed by atoms with E-state index in [1.165, 1.54) is 22.9 Å². The zero-order chi connectivity index (χ0) is 12.9. The van der Waals surface area contributed by atoms with E-state index in [4.69, 9.17) is 0 Å². The number of benzene rings is 1. The van der Waals surface area contributed by atoms with Crippen LogP contribution < -0.4 is 5.56 Å². The molecule has 1 aromatic carbocycles. The van der Waals surface area contributed by atoms with Crippen LogP contribution in [0.5, 0.6) is 0 Å². The number of nitrogens with one attached hydrogen (secondary N) is 1. The van der Waals surface area contributed by atoms with Crippen molar-refractivity contribution in [3.05, 3.63) is 51.7 Å². The van der Waals surface area contributed by atoms with Crippen LogP contribution in [0.1, 0.15) is 11.3 Å². The van der Waals surface area contributed by atoms with Gasteiger partial charge in [-0.3, -0.25) is 14.6 Å². The fraction of sp³-hybridized carbons (Fsp3) is 0.182. The van der Waals surface area contributed by atoms with Crippen molar-refractivity contribution in [3.8, 4) is 5.69 Å². The molecule has 0 spiro atoms. The van der Waals surface area contributed by atoms with E-state index in [1.807, 2.05) is 0 Å². The average Bonchev–Trinajstić information content (AvgIpc) is 2.75. The molecular weight excluding hydrogens is 259 g/mol. The summed E-state index contributed by atoms with van der Waals surface area (Å²) in [5, 5.41) is 2.47. The predicted octanol–water partition coefficient (Wildman–Crippen LogP) is 0.733. The summed E-state index contributed by atoms with van der Waals surface area (Å²) >= 11 is 0. The van der Waals surface area contributed by atoms with E-state index in [9.17, 15) is 17.6 Å². The molecule has 1 N–H and O–H groups in total. The summed E-state index contributed by atoms with van der Waals surface area (Å²) in [4.78, 5) is 11.6. The zero-order valence-electron chi connectivity index (χ0n) is 9.18. The Morgan fingerprint density at radius 3 is 2.67 bits per heavy atom. The Hall–Kier alpha value is -1.89. The second-order valence-corrected chi connectivity index (χ2v) is 6.25. The molecule has 5 nitrogen and oxygen atoms in total. The van der Waals surface area contributed by atoms with Gasteiger partial charge in [-0.2, -0.15) is 0 Å². The minimum atomic E-state index is -3.29. The van der Waals surface area contributed by atoms with Gasteiger partial charge in [0.1, 0.15) is 5.82 Å². The first kappa shape index (κ1) is 11.2. The summed E-state index contributed by atoms with van der Waals surface area (Å²) in [5.74, 6) is -1.04. The van der Waals surface area contributed by atoms with Crippen molar-refractivity contribution in [3.63, 3.8) is 0 Å². The lowest BCUT2D eigenvalue weighted by Gasteiger charge is -2.06. The van der Waals surface area contributed by atoms with Crippen molar-refractivity contribution in [2.24, 2.45) is 0 Å². The third-order valence-corrected chi connectivity index (χ3v) is 4.36. The maximum Gasteiger partial charge on any atom is 0.268 e. The smallest absolute Gasteiger partial charge is 0.268 e. The van der Waals surface area contributed by atoms with E-state index in [-0.39, 0.29) is 22.8 Å². The Kier molecular flexibility index (Phi) is 2.21. The molecule has 0 aliphatic carbocycles. The van der Waals surface area contributed by atoms with Crippen molar-refractivity contribution in [2.45, 2.75) is 11.5 Å². The minimum Gasteiger partial charge on any atom is -0.268 e. The van der Waals surface area contributed by atoms with Gasteiger partial charge in [0, 0.05) is 0 Å². The summed E-state index contributed by atoms with van der Waals surface area (Å²) in [5.41, 5.74) is 0.200. The number of sulfone groups is 1. The third kappa shape index (κ3) is 1.59. The summed E-state index contributed by atoms with van der Waals surface area (Å²) in [6.45, 7) is 0. The Bertz CT molecular complexity index is 789. The summed E-state index contributed by atoms with van der Waals surface area (Å²) in [7, 11) is -3.29. The highest BCUT2D eigenvalue weighted by atomic mass is 32.2. The lowest BCUT2D eigenvalue weighted by Crippen LogP contribution is -2.12. The molecule has 3 rings (SSSR count). The minimum absolute atomic E-state index is 0.146. The molecular formula is C11H9FN2O3S. The highest BCUT2D eigenvalue weighted by molar-refractivity contribution is 7.90. The number of hydrogen-bond donors (Lipinski definition) is 1. The van der Waals surface area contributed by atoms with Crippen molar-refractivity contribution >= 4 is 9.84 Å². The fourth-order valence-electron chi connectivity index (χ4n) is 2.12. The van der Waals surface area contributed by atoms with Crippen molar-refractivity contribution in [1.29, 1.82) is 0 Å². The molecule has 0 unspecified atom stereocenters. The van der Waals surface area contributed by atoms with Crippen molar-refractivity contribution < 1.29 is 12.8 Å². The molecule has 0 amide bonds. The van der Waals surface area contributed by atoms with Gasteiger partial charge in [0.2, 0.25) is 0 Å². The third-order valence-electron chi connectivity index (χ3n) is 2.92. The van der Waals surface area contributed by atoms with E-state index < -0.39 is 21.2 Å². The normalized spacial score (nSPS) is 16.7. The first-order chi connectivity index (χ1) is 8.48. The standard InChI is InChI=1S/C11H9FN2O3S/c12-8-3-1-2-4-9(8)14-10-6-18(16,17)5-7(10)11(15)13-14/h1-4H,5-6H2,(H,13,15). The fourth-order valence-corrected chi connectivity index (χ4v) is 3.68. The van der Waals surface area contributed by atoms with Gasteiger partial charge in [0.05, 0.1) is 28.5 Å². The highest BCUT2D eigenvalue weighted by Gasteiger charge is 2.32. The molecule has 2 heterocycles. The second-order valence-electron chi connectivity index (χ2n) is 4.19. The second kappa shape index (κ2) is 3.55. The van der Waals surface area contributed by atoms with Gasteiger partial charge >= 0.3 is 0 Å². The summed E-state index contributed by atoms with van der Waals surface area (Å²) in [6, 6.07) is 5.88. The monoisotopic (exact) mass is 268 g/mol. The molecule has 0 atom stereocenters. The van der Waals surface area contributed by atoms with Gasteiger partial charge in [-0.15, -0.1) is 0 Å². The largest absolute Gasteiger partial charge is 0.268 e. The summed E-state index contributed by atoms with van der Waals surface area (Å²) in [6.07, 6.45) is 0. The van der Waals surface area contributed by atoms with E-state index >= 15 is 0 Å². The van der Waals surface area contributed by atoms with Crippen LogP contribution in [0.4, 0.5) is 4.39 Å². The number of halogens is 1. The Labute approximate surface area is 102 Å². The maximum absolute atomic E-state index is 13.7. The molecule has 18 heavy (non-hydrogen) atoms. The predicted molar refractivity (Wildman–Crippen MR) is 62.7 cm³/mol. The topological polar surface area (TPSA) is 71.9 Å². The zero-order valence-corrected chi connectivity index (χ0v) is 10.00. The molecule has 0 bridgehead atoms. The quantitative estimate of drug-likeness (QED) is 0.829. The van der Waals surface area contributed by atoms with Crippen LogP contribution in [-0.4, -0.2) is 18.2 Å². The van der Waals surface area contributed by atoms with Crippen molar-refractivity contribution in [2.75, 3.05) is 0 Å². The summed E-state index contributed by atoms with van der Waals surface area (Å²) < 4.78 is 37.9. The first-order valence-corrected chi connectivity index (χ1v) is 7.08. The number of para-hydroxylation sites is 1. The first-order valence-electron chi connectivity index (χ1n) is 5.26. The molecule has 0 saturated heterocycles. The SMILES string of the molecule is O=c1[nH]n(-c2ccccc2F)c2c1CS(=O)(=O)C2. The highest BCUT2D eigenvalue weighted by Crippen LogP contribution is 2.25. The number of hydrogen-bond acceptors (Lipinski definition) is 3. The van der Waals surface area contributed by atoms with Gasteiger partial charge < -0.3 is 0 Å². The molecule has 0 radical (unpaired) electrons. The number of H-pyrrole nitrogens is 1. The Balaban J connectivity index is 2.27. The molecule has 7 heteroatoms. The number of rotatable bonds is 1. The molecule has 1 aliphatic heterocycles. The van der Waals surface area contributed by atoms with Crippen molar-refractivity contribution in [1.82, 2.24) is 9.78 Å². The van der Waals surface area contributed by atoms with Gasteiger partial charge in [-0.05, 0) is 12.1 Å². The van der Waals surface area contributed by atoms with Crippen LogP contribution in [0.25, 0.3) is 5.69 Å². The molecule has 0 fully saturated rings. The van der Waals surface area contributed by atoms with Crippen LogP contribution in [0, 0.1) is 5.82 Å².